The molecular formula is C57H68ClN9O9S. The summed E-state index contributed by atoms with van der Waals surface area (Å²) < 4.78 is 24.8. The number of aromatic nitrogens is 4. The van der Waals surface area contributed by atoms with Gasteiger partial charge in [-0.2, -0.15) is 0 Å². The number of nitrogens with one attached hydrogen (secondary N) is 3. The molecular weight excluding hydrogens is 1020 g/mol. The predicted octanol–water partition coefficient (Wildman–Crippen LogP) is 8.20. The Morgan fingerprint density at radius 1 is 0.831 bits per heavy atom. The predicted molar refractivity (Wildman–Crippen MR) is 293 cm³/mol. The molecule has 0 aliphatic carbocycles. The van der Waals surface area contributed by atoms with Gasteiger partial charge in [-0.05, 0) is 87.9 Å². The van der Waals surface area contributed by atoms with Gasteiger partial charge in [0.2, 0.25) is 23.6 Å². The maximum absolute atomic E-state index is 14.1. The average molecular weight is 1090 g/mol. The third-order valence-electron chi connectivity index (χ3n) is 13.9. The Balaban J connectivity index is 0.739. The Kier molecular flexibility index (Phi) is 18.1. The van der Waals surface area contributed by atoms with E-state index >= 15 is 0 Å². The van der Waals surface area contributed by atoms with Crippen molar-refractivity contribution in [2.45, 2.75) is 118 Å². The van der Waals surface area contributed by atoms with Crippen LogP contribution in [0.25, 0.3) is 16.3 Å². The Morgan fingerprint density at radius 2 is 1.49 bits per heavy atom. The van der Waals surface area contributed by atoms with Crippen LogP contribution < -0.4 is 20.7 Å². The molecule has 3 aromatic carbocycles. The SMILES string of the molecule is Cc1ncoc1-c1ccc([C@H](C)NC(=O)[C@@H]2C[C@@H](O)CN2C(=O)[C@@H](NC(=O)COCCOCCCOc2ccc([C@@H](C)NC(=O)C[C@@H]3N=C(c4ccc(Cl)cc4)c4c(sc(C)c4C)-n4c(C)nnc43)cc2)C(C)(C)C)cc1. The van der Waals surface area contributed by atoms with E-state index in [0.29, 0.717) is 42.0 Å². The van der Waals surface area contributed by atoms with Crippen LogP contribution in [0, 0.1) is 33.1 Å². The zero-order valence-electron chi connectivity index (χ0n) is 45.0. The summed E-state index contributed by atoms with van der Waals surface area (Å²) in [5.41, 5.74) is 6.48. The Bertz CT molecular complexity index is 3070. The lowest BCUT2D eigenvalue weighted by atomic mass is 9.85. The van der Waals surface area contributed by atoms with Gasteiger partial charge in [0.15, 0.2) is 18.0 Å². The molecule has 5 heterocycles. The Hall–Kier alpha value is -6.77. The van der Waals surface area contributed by atoms with Crippen molar-refractivity contribution in [3.63, 3.8) is 0 Å². The summed E-state index contributed by atoms with van der Waals surface area (Å²) in [5.74, 6) is 1.16. The second-order valence-electron chi connectivity index (χ2n) is 20.7. The highest BCUT2D eigenvalue weighted by Gasteiger charge is 2.45. The number of β-amino-alcohol motifs (C(OH)–C–C–N with tert-alkyl or cyclic N) is 1. The lowest BCUT2D eigenvalue weighted by Gasteiger charge is -2.35. The molecule has 8 rings (SSSR count). The van der Waals surface area contributed by atoms with Crippen molar-refractivity contribution in [2.24, 2.45) is 10.4 Å². The van der Waals surface area contributed by atoms with Crippen LogP contribution in [0.4, 0.5) is 0 Å². The fourth-order valence-corrected chi connectivity index (χ4v) is 10.8. The van der Waals surface area contributed by atoms with Gasteiger partial charge >= 0.3 is 0 Å². The highest BCUT2D eigenvalue weighted by Crippen LogP contribution is 2.40. The number of aryl methyl sites for hydroxylation is 3. The van der Waals surface area contributed by atoms with Crippen molar-refractivity contribution in [1.82, 2.24) is 40.6 Å². The highest BCUT2D eigenvalue weighted by molar-refractivity contribution is 7.15. The molecule has 2 aliphatic heterocycles. The van der Waals surface area contributed by atoms with Crippen molar-refractivity contribution in [2.75, 3.05) is 39.6 Å². The van der Waals surface area contributed by atoms with Crippen LogP contribution in [0.1, 0.15) is 122 Å². The summed E-state index contributed by atoms with van der Waals surface area (Å²) >= 11 is 7.93. The Morgan fingerprint density at radius 3 is 2.17 bits per heavy atom. The van der Waals surface area contributed by atoms with Crippen molar-refractivity contribution >= 4 is 52.3 Å². The first kappa shape index (κ1) is 56.4. The molecule has 3 aromatic heterocycles. The van der Waals surface area contributed by atoms with E-state index in [-0.39, 0.29) is 51.2 Å². The molecule has 4 amide bonds. The molecule has 77 heavy (non-hydrogen) atoms. The lowest BCUT2D eigenvalue weighted by molar-refractivity contribution is -0.144. The van der Waals surface area contributed by atoms with Crippen LogP contribution in [0.5, 0.6) is 5.75 Å². The van der Waals surface area contributed by atoms with Gasteiger partial charge < -0.3 is 44.6 Å². The molecule has 1 saturated heterocycles. The number of hydrogen-bond donors (Lipinski definition) is 4. The number of hydrogen-bond acceptors (Lipinski definition) is 14. The molecule has 18 nitrogen and oxygen atoms in total. The van der Waals surface area contributed by atoms with Crippen LogP contribution in [-0.4, -0.2) is 117 Å². The van der Waals surface area contributed by atoms with Crippen LogP contribution in [0.15, 0.2) is 88.6 Å². The standard InChI is InChI=1S/C57H68ClN9O9S/c1-32-36(5)77-56-49(32)50(40-15-19-42(58)20-16-40)62-45(53-65-64-37(6)67(53)56)28-47(69)60-33(2)39-17-21-44(22-18-39)75-24-10-23-73-25-26-74-30-48(70)63-52(57(7,8)9)55(72)66-29-43(68)27-46(66)54(71)61-34(3)38-11-13-41(14-12-38)51-35(4)59-31-76-51/h11-22,31,33-34,43,45-46,52,68H,10,23-30H2,1-9H3,(H,60,69)(H,61,71)(H,63,70)/t33-,34+,43-,45+,46+,52-/m1/s1. The number of nitrogens with zero attached hydrogens (tertiary/aromatic N) is 6. The second kappa shape index (κ2) is 24.7. The lowest BCUT2D eigenvalue weighted by Crippen LogP contribution is -2.58. The first-order valence-corrected chi connectivity index (χ1v) is 27.1. The molecule has 6 aromatic rings. The number of amides is 4. The van der Waals surface area contributed by atoms with E-state index in [1.165, 1.54) is 16.2 Å². The number of fused-ring (bicyclic) bond motifs is 3. The van der Waals surface area contributed by atoms with E-state index in [0.717, 1.165) is 55.6 Å². The quantitative estimate of drug-likeness (QED) is 0.0501. The number of aliphatic imine (C=N–C) groups is 1. The van der Waals surface area contributed by atoms with Gasteiger partial charge in [0.05, 0.1) is 55.8 Å². The number of oxazole rings is 1. The zero-order valence-corrected chi connectivity index (χ0v) is 46.6. The van der Waals surface area contributed by atoms with E-state index in [9.17, 15) is 24.3 Å². The molecule has 4 N–H and O–H groups in total. The molecule has 0 unspecified atom stereocenters. The van der Waals surface area contributed by atoms with E-state index in [1.54, 1.807) is 11.3 Å². The van der Waals surface area contributed by atoms with Crippen molar-refractivity contribution in [3.05, 3.63) is 134 Å². The minimum absolute atomic E-state index is 0.0401. The fraction of sp³-hybridized carbons (Fsp3) is 0.439. The van der Waals surface area contributed by atoms with Crippen LogP contribution in [-0.2, 0) is 28.7 Å². The fourth-order valence-electron chi connectivity index (χ4n) is 9.50. The van der Waals surface area contributed by atoms with E-state index in [2.05, 4.69) is 45.0 Å². The van der Waals surface area contributed by atoms with Crippen LogP contribution >= 0.6 is 22.9 Å². The van der Waals surface area contributed by atoms with Gasteiger partial charge in [-0.1, -0.05) is 80.9 Å². The summed E-state index contributed by atoms with van der Waals surface area (Å²) in [6.45, 7) is 18.1. The number of aliphatic hydroxyl groups excluding tert-OH is 1. The van der Waals surface area contributed by atoms with Crippen molar-refractivity contribution in [3.8, 4) is 22.1 Å². The summed E-state index contributed by atoms with van der Waals surface area (Å²) in [5, 5.41) is 30.1. The van der Waals surface area contributed by atoms with E-state index in [4.69, 9.17) is 35.2 Å². The normalized spacial score (nSPS) is 17.4. The summed E-state index contributed by atoms with van der Waals surface area (Å²) in [4.78, 5) is 66.5. The van der Waals surface area contributed by atoms with E-state index in [1.807, 2.05) is 126 Å². The highest BCUT2D eigenvalue weighted by atomic mass is 35.5. The number of rotatable bonds is 21. The largest absolute Gasteiger partial charge is 0.494 e. The first-order chi connectivity index (χ1) is 36.8. The molecule has 0 radical (unpaired) electrons. The summed E-state index contributed by atoms with van der Waals surface area (Å²) in [6.07, 6.45) is 1.24. The molecule has 1 fully saturated rings. The van der Waals surface area contributed by atoms with Gasteiger partial charge in [-0.3, -0.25) is 28.7 Å². The minimum Gasteiger partial charge on any atom is -0.494 e. The van der Waals surface area contributed by atoms with Gasteiger partial charge in [0, 0.05) is 52.6 Å². The molecule has 0 saturated carbocycles. The molecule has 0 spiro atoms. The van der Waals surface area contributed by atoms with E-state index < -0.39 is 53.4 Å². The summed E-state index contributed by atoms with van der Waals surface area (Å²) in [6, 6.07) is 19.6. The molecule has 408 valence electrons. The van der Waals surface area contributed by atoms with Crippen molar-refractivity contribution in [1.29, 1.82) is 0 Å². The van der Waals surface area contributed by atoms with Crippen LogP contribution in [0.2, 0.25) is 5.02 Å². The number of benzene rings is 3. The van der Waals surface area contributed by atoms with Gasteiger partial charge in [0.25, 0.3) is 0 Å². The molecule has 20 heteroatoms. The first-order valence-electron chi connectivity index (χ1n) is 25.9. The number of carbonyl (C=O) groups excluding carboxylic acids is 4. The van der Waals surface area contributed by atoms with Gasteiger partial charge in [0.1, 0.15) is 41.3 Å². The zero-order chi connectivity index (χ0) is 55.1. The van der Waals surface area contributed by atoms with Gasteiger partial charge in [-0.25, -0.2) is 4.98 Å². The Labute approximate surface area is 458 Å². The maximum Gasteiger partial charge on any atom is 0.246 e. The number of aliphatic hydroxyl groups is 1. The van der Waals surface area contributed by atoms with Gasteiger partial charge in [-0.15, -0.1) is 21.5 Å². The number of carbonyl (C=O) groups is 4. The topological polar surface area (TPSA) is 225 Å². The number of ether oxygens (including phenoxy) is 3. The van der Waals surface area contributed by atoms with Crippen molar-refractivity contribution < 1.29 is 42.9 Å². The third-order valence-corrected chi connectivity index (χ3v) is 15.3. The molecule has 6 atom stereocenters. The maximum atomic E-state index is 14.1. The third kappa shape index (κ3) is 13.5. The monoisotopic (exact) mass is 1090 g/mol. The number of likely N-dealkylation sites (tertiary alicyclic amines) is 1. The van der Waals surface area contributed by atoms with Crippen LogP contribution in [0.3, 0.4) is 0 Å². The number of halogens is 1. The second-order valence-corrected chi connectivity index (χ2v) is 22.4. The smallest absolute Gasteiger partial charge is 0.246 e. The molecule has 2 aliphatic rings. The summed E-state index contributed by atoms with van der Waals surface area (Å²) in [7, 11) is 0. The molecule has 0 bridgehead atoms. The average Bonchev–Trinajstić information content (AvgIpc) is 4.21. The number of thiophene rings is 1. The minimum atomic E-state index is -0.992.